The van der Waals surface area contributed by atoms with Gasteiger partial charge in [-0.2, -0.15) is 0 Å². The maximum absolute atomic E-state index is 12.5. The quantitative estimate of drug-likeness (QED) is 0.656. The Kier molecular flexibility index (Phi) is 7.00. The van der Waals surface area contributed by atoms with Crippen LogP contribution in [0.5, 0.6) is 11.5 Å². The van der Waals surface area contributed by atoms with Crippen molar-refractivity contribution in [2.45, 2.75) is 36.6 Å². The third-order valence-electron chi connectivity index (χ3n) is 4.62. The van der Waals surface area contributed by atoms with Crippen LogP contribution in [0.15, 0.2) is 47.4 Å². The van der Waals surface area contributed by atoms with Gasteiger partial charge >= 0.3 is 0 Å². The van der Waals surface area contributed by atoms with Crippen molar-refractivity contribution in [2.75, 3.05) is 19.0 Å². The van der Waals surface area contributed by atoms with Crippen LogP contribution >= 0.6 is 11.6 Å². The summed E-state index contributed by atoms with van der Waals surface area (Å²) < 4.78 is 38.2. The van der Waals surface area contributed by atoms with Gasteiger partial charge in [-0.25, -0.2) is 13.1 Å². The van der Waals surface area contributed by atoms with E-state index in [2.05, 4.69) is 10.0 Å². The van der Waals surface area contributed by atoms with Crippen LogP contribution in [0.4, 0.5) is 5.69 Å². The number of sulfonamides is 1. The van der Waals surface area contributed by atoms with Crippen molar-refractivity contribution in [3.05, 3.63) is 47.5 Å². The third kappa shape index (κ3) is 5.85. The Morgan fingerprint density at radius 3 is 2.45 bits per heavy atom. The molecule has 0 radical (unpaired) electrons. The monoisotopic (exact) mass is 438 g/mol. The first-order valence-electron chi connectivity index (χ1n) is 9.26. The highest BCUT2D eigenvalue weighted by Gasteiger charge is 2.23. The van der Waals surface area contributed by atoms with Gasteiger partial charge in [0.15, 0.2) is 6.61 Å². The number of anilines is 1. The number of hydrogen-bond acceptors (Lipinski definition) is 5. The van der Waals surface area contributed by atoms with Crippen LogP contribution in [-0.4, -0.2) is 34.1 Å². The fraction of sp³-hybridized carbons (Fsp3) is 0.350. The van der Waals surface area contributed by atoms with E-state index in [1.54, 1.807) is 31.4 Å². The molecule has 29 heavy (non-hydrogen) atoms. The summed E-state index contributed by atoms with van der Waals surface area (Å²) in [5.41, 5.74) is 0.602. The van der Waals surface area contributed by atoms with Crippen LogP contribution in [0.25, 0.3) is 0 Å². The van der Waals surface area contributed by atoms with Crippen LogP contribution in [0.2, 0.25) is 5.02 Å². The van der Waals surface area contributed by atoms with Crippen molar-refractivity contribution in [3.8, 4) is 11.5 Å². The molecule has 2 N–H and O–H groups in total. The number of nitrogens with one attached hydrogen (secondary N) is 2. The molecule has 1 fully saturated rings. The number of ether oxygens (including phenoxy) is 2. The minimum Gasteiger partial charge on any atom is -0.497 e. The number of methoxy groups -OCH3 is 1. The number of rotatable bonds is 8. The Balaban J connectivity index is 1.57. The van der Waals surface area contributed by atoms with Crippen molar-refractivity contribution >= 4 is 33.2 Å². The van der Waals surface area contributed by atoms with Crippen molar-refractivity contribution in [1.29, 1.82) is 0 Å². The molecule has 1 aliphatic rings. The molecule has 0 aromatic heterocycles. The van der Waals surface area contributed by atoms with Crippen molar-refractivity contribution in [2.24, 2.45) is 0 Å². The summed E-state index contributed by atoms with van der Waals surface area (Å²) >= 11 is 6.17. The summed E-state index contributed by atoms with van der Waals surface area (Å²) in [5, 5.41) is 2.81. The molecule has 3 rings (SSSR count). The summed E-state index contributed by atoms with van der Waals surface area (Å²) in [7, 11) is -2.08. The zero-order chi connectivity index (χ0) is 20.9. The van der Waals surface area contributed by atoms with E-state index in [9.17, 15) is 13.2 Å². The predicted molar refractivity (Wildman–Crippen MR) is 111 cm³/mol. The minimum atomic E-state index is -3.64. The lowest BCUT2D eigenvalue weighted by Gasteiger charge is -2.14. The molecule has 9 heteroatoms. The molecule has 7 nitrogen and oxygen atoms in total. The van der Waals surface area contributed by atoms with Gasteiger partial charge in [0.1, 0.15) is 11.5 Å². The second-order valence-corrected chi connectivity index (χ2v) is 8.88. The highest BCUT2D eigenvalue weighted by molar-refractivity contribution is 7.89. The van der Waals surface area contributed by atoms with Crippen LogP contribution < -0.4 is 19.5 Å². The van der Waals surface area contributed by atoms with Gasteiger partial charge in [0.05, 0.1) is 17.0 Å². The predicted octanol–water partition coefficient (Wildman–Crippen LogP) is 3.59. The maximum Gasteiger partial charge on any atom is 0.262 e. The fourth-order valence-electron chi connectivity index (χ4n) is 3.11. The SMILES string of the molecule is COc1ccc(NC(=O)COc2ccc(S(=O)(=O)NC3CCCC3)cc2Cl)cc1. The summed E-state index contributed by atoms with van der Waals surface area (Å²) in [6.07, 6.45) is 3.74. The van der Waals surface area contributed by atoms with Gasteiger partial charge in [-0.15, -0.1) is 0 Å². The van der Waals surface area contributed by atoms with E-state index < -0.39 is 10.0 Å². The number of amides is 1. The van der Waals surface area contributed by atoms with E-state index in [4.69, 9.17) is 21.1 Å². The average Bonchev–Trinajstić information content (AvgIpc) is 3.20. The largest absolute Gasteiger partial charge is 0.497 e. The van der Waals surface area contributed by atoms with Gasteiger partial charge in [0, 0.05) is 11.7 Å². The molecule has 156 valence electrons. The lowest BCUT2D eigenvalue weighted by molar-refractivity contribution is -0.118. The number of benzene rings is 2. The maximum atomic E-state index is 12.5. The highest BCUT2D eigenvalue weighted by Crippen LogP contribution is 2.28. The molecule has 0 heterocycles. The molecular formula is C20H23ClN2O5S. The summed E-state index contributed by atoms with van der Waals surface area (Å²) in [4.78, 5) is 12.1. The number of carbonyl (C=O) groups is 1. The highest BCUT2D eigenvalue weighted by atomic mass is 35.5. The van der Waals surface area contributed by atoms with E-state index in [0.29, 0.717) is 11.4 Å². The molecule has 0 saturated heterocycles. The summed E-state index contributed by atoms with van der Waals surface area (Å²) in [6, 6.07) is 11.0. The smallest absolute Gasteiger partial charge is 0.262 e. The van der Waals surface area contributed by atoms with Crippen molar-refractivity contribution < 1.29 is 22.7 Å². The number of hydrogen-bond donors (Lipinski definition) is 2. The number of halogens is 1. The molecule has 1 aliphatic carbocycles. The fourth-order valence-corrected chi connectivity index (χ4v) is 4.74. The Morgan fingerprint density at radius 1 is 1.14 bits per heavy atom. The van der Waals surface area contributed by atoms with Crippen LogP contribution in [0, 0.1) is 0 Å². The zero-order valence-corrected chi connectivity index (χ0v) is 17.6. The Hall–Kier alpha value is -2.29. The summed E-state index contributed by atoms with van der Waals surface area (Å²) in [5.74, 6) is 0.547. The van der Waals surface area contributed by atoms with Crippen LogP contribution in [-0.2, 0) is 14.8 Å². The molecule has 0 aliphatic heterocycles. The normalized spacial score (nSPS) is 14.6. The molecule has 1 saturated carbocycles. The Bertz CT molecular complexity index is 957. The van der Waals surface area contributed by atoms with Gasteiger partial charge in [-0.3, -0.25) is 4.79 Å². The molecule has 0 spiro atoms. The molecular weight excluding hydrogens is 416 g/mol. The van der Waals surface area contributed by atoms with Gasteiger partial charge in [0.25, 0.3) is 5.91 Å². The minimum absolute atomic E-state index is 0.0312. The third-order valence-corrected chi connectivity index (χ3v) is 6.44. The molecule has 2 aromatic rings. The lowest BCUT2D eigenvalue weighted by atomic mass is 10.3. The molecule has 1 amide bonds. The topological polar surface area (TPSA) is 93.7 Å². The van der Waals surface area contributed by atoms with Crippen molar-refractivity contribution in [1.82, 2.24) is 4.72 Å². The van der Waals surface area contributed by atoms with Gasteiger partial charge < -0.3 is 14.8 Å². The first kappa shape index (κ1) is 21.4. The van der Waals surface area contributed by atoms with Crippen molar-refractivity contribution in [3.63, 3.8) is 0 Å². The second-order valence-electron chi connectivity index (χ2n) is 6.76. The number of carbonyl (C=O) groups excluding carboxylic acids is 1. The van der Waals surface area contributed by atoms with E-state index in [-0.39, 0.29) is 34.2 Å². The van der Waals surface area contributed by atoms with E-state index >= 15 is 0 Å². The van der Waals surface area contributed by atoms with Crippen LogP contribution in [0.3, 0.4) is 0 Å². The molecule has 2 aromatic carbocycles. The van der Waals surface area contributed by atoms with E-state index in [1.807, 2.05) is 0 Å². The van der Waals surface area contributed by atoms with Crippen LogP contribution in [0.1, 0.15) is 25.7 Å². The van der Waals surface area contributed by atoms with Gasteiger partial charge in [-0.1, -0.05) is 24.4 Å². The Labute approximate surface area is 175 Å². The van der Waals surface area contributed by atoms with Gasteiger partial charge in [0.2, 0.25) is 10.0 Å². The van der Waals surface area contributed by atoms with E-state index in [1.165, 1.54) is 18.2 Å². The lowest BCUT2D eigenvalue weighted by Crippen LogP contribution is -2.32. The standard InChI is InChI=1S/C20H23ClN2O5S/c1-27-16-8-6-14(7-9-16)22-20(24)13-28-19-11-10-17(12-18(19)21)29(25,26)23-15-4-2-3-5-15/h6-12,15,23H,2-5,13H2,1H3,(H,22,24). The zero-order valence-electron chi connectivity index (χ0n) is 16.0. The molecule has 0 unspecified atom stereocenters. The molecule has 0 atom stereocenters. The summed E-state index contributed by atoms with van der Waals surface area (Å²) in [6.45, 7) is -0.266. The molecule has 0 bridgehead atoms. The first-order valence-corrected chi connectivity index (χ1v) is 11.1. The first-order chi connectivity index (χ1) is 13.9. The van der Waals surface area contributed by atoms with Gasteiger partial charge in [-0.05, 0) is 55.3 Å². The van der Waals surface area contributed by atoms with E-state index in [0.717, 1.165) is 25.7 Å². The second kappa shape index (κ2) is 9.47. The Morgan fingerprint density at radius 2 is 1.83 bits per heavy atom. The average molecular weight is 439 g/mol.